The topological polar surface area (TPSA) is 3.24 Å². The van der Waals surface area contributed by atoms with Gasteiger partial charge in [0.05, 0.1) is 11.4 Å². The van der Waals surface area contributed by atoms with Gasteiger partial charge in [0.15, 0.2) is 0 Å². The van der Waals surface area contributed by atoms with Crippen LogP contribution in [0.2, 0.25) is 0 Å². The zero-order valence-electron chi connectivity index (χ0n) is 37.6. The summed E-state index contributed by atoms with van der Waals surface area (Å²) in [5.41, 5.74) is 24.2. The Morgan fingerprint density at radius 2 is 1.31 bits per heavy atom. The number of allylic oxidation sites excluding steroid dienone is 5. The number of para-hydroxylation sites is 1. The lowest BCUT2D eigenvalue weighted by atomic mass is 9.68. The first-order chi connectivity index (χ1) is 29.8. The molecule has 7 aromatic rings. The molecule has 7 aromatic carbocycles. The molecule has 0 aromatic heterocycles. The lowest BCUT2D eigenvalue weighted by Crippen LogP contribution is -2.24. The van der Waals surface area contributed by atoms with Gasteiger partial charge in [0.2, 0.25) is 0 Å². The van der Waals surface area contributed by atoms with Gasteiger partial charge in [0, 0.05) is 22.6 Å². The molecule has 1 nitrogen and oxygen atoms in total. The summed E-state index contributed by atoms with van der Waals surface area (Å²) in [5, 5.41) is 4.99. The van der Waals surface area contributed by atoms with Gasteiger partial charge in [-0.1, -0.05) is 194 Å². The smallest absolute Gasteiger partial charge is 0.0974 e. The number of hydrogen-bond acceptors (Lipinski definition) is 1. The molecule has 1 heteroatoms. The molecule has 0 bridgehead atoms. The van der Waals surface area contributed by atoms with Crippen molar-refractivity contribution in [1.29, 1.82) is 0 Å². The highest BCUT2D eigenvalue weighted by atomic mass is 15.1. The summed E-state index contributed by atoms with van der Waals surface area (Å²) in [6.45, 7) is 19.3. The van der Waals surface area contributed by atoms with Gasteiger partial charge in [-0.05, 0) is 138 Å². The lowest BCUT2D eigenvalue weighted by molar-refractivity contribution is 0.490. The van der Waals surface area contributed by atoms with E-state index in [0.717, 1.165) is 35.4 Å². The van der Waals surface area contributed by atoms with Crippen molar-refractivity contribution in [2.75, 3.05) is 4.90 Å². The third kappa shape index (κ3) is 6.82. The minimum absolute atomic E-state index is 0.00612. The molecular weight excluding hydrogens is 747 g/mol. The third-order valence-electron chi connectivity index (χ3n) is 14.0. The SMILES string of the molecule is CC(C)(C)c1cc(C(C)(C)C)c2c(c1)C(C)(C)C1=CCCC(c3ccccc3N(C3=C=C=C(c4ccc5ccccc5c4)C=C3)c3ccc(-c4cccc5ccccc45)cc3)C12. The Morgan fingerprint density at radius 1 is 0.613 bits per heavy atom. The van der Waals surface area contributed by atoms with Crippen molar-refractivity contribution in [2.45, 2.75) is 96.3 Å². The normalized spacial score (nSPS) is 18.0. The highest BCUT2D eigenvalue weighted by Crippen LogP contribution is 2.62. The van der Waals surface area contributed by atoms with Crippen LogP contribution < -0.4 is 4.90 Å². The number of nitrogens with zero attached hydrogens (tertiary/aromatic N) is 1. The summed E-state index contributed by atoms with van der Waals surface area (Å²) in [6, 6.07) is 54.0. The van der Waals surface area contributed by atoms with Crippen LogP contribution in [0.4, 0.5) is 11.4 Å². The van der Waals surface area contributed by atoms with Gasteiger partial charge < -0.3 is 4.90 Å². The second-order valence-electron chi connectivity index (χ2n) is 20.3. The first kappa shape index (κ1) is 39.8. The summed E-state index contributed by atoms with van der Waals surface area (Å²) in [4.78, 5) is 2.44. The Labute approximate surface area is 369 Å². The Bertz CT molecular complexity index is 3080. The van der Waals surface area contributed by atoms with Crippen molar-refractivity contribution in [3.63, 3.8) is 0 Å². The first-order valence-electron chi connectivity index (χ1n) is 22.6. The number of hydrogen-bond donors (Lipinski definition) is 0. The van der Waals surface area contributed by atoms with Crippen LogP contribution in [0.1, 0.15) is 113 Å². The van der Waals surface area contributed by atoms with Gasteiger partial charge in [-0.25, -0.2) is 0 Å². The quantitative estimate of drug-likeness (QED) is 0.120. The summed E-state index contributed by atoms with van der Waals surface area (Å²) in [6.07, 6.45) is 9.22. The molecule has 0 fully saturated rings. The van der Waals surface area contributed by atoms with E-state index in [1.54, 1.807) is 11.1 Å². The fourth-order valence-electron chi connectivity index (χ4n) is 10.7. The molecule has 2 unspecified atom stereocenters. The second-order valence-corrected chi connectivity index (χ2v) is 20.3. The Kier molecular flexibility index (Phi) is 9.57. The summed E-state index contributed by atoms with van der Waals surface area (Å²) in [7, 11) is 0. The van der Waals surface area contributed by atoms with Crippen LogP contribution in [-0.2, 0) is 16.2 Å². The molecule has 0 radical (unpaired) electrons. The fourth-order valence-corrected chi connectivity index (χ4v) is 10.7. The van der Waals surface area contributed by atoms with E-state index in [0.29, 0.717) is 11.8 Å². The third-order valence-corrected chi connectivity index (χ3v) is 14.0. The molecule has 2 atom stereocenters. The molecule has 0 spiro atoms. The highest BCUT2D eigenvalue weighted by Gasteiger charge is 2.49. The molecule has 62 heavy (non-hydrogen) atoms. The monoisotopic (exact) mass is 803 g/mol. The average Bonchev–Trinajstić information content (AvgIpc) is 3.51. The second kappa shape index (κ2) is 14.9. The van der Waals surface area contributed by atoms with Crippen LogP contribution in [0, 0.1) is 0 Å². The molecule has 0 amide bonds. The van der Waals surface area contributed by atoms with Crippen molar-refractivity contribution in [2.24, 2.45) is 0 Å². The maximum Gasteiger partial charge on any atom is 0.0974 e. The van der Waals surface area contributed by atoms with E-state index in [-0.39, 0.29) is 16.2 Å². The van der Waals surface area contributed by atoms with Crippen LogP contribution in [0.3, 0.4) is 0 Å². The van der Waals surface area contributed by atoms with E-state index in [1.165, 1.54) is 60.6 Å². The lowest BCUT2D eigenvalue weighted by Gasteiger charge is -2.37. The fraction of sp³-hybridized carbons (Fsp3) is 0.246. The van der Waals surface area contributed by atoms with Crippen LogP contribution >= 0.6 is 0 Å². The minimum atomic E-state index is -0.0622. The molecule has 0 saturated heterocycles. The van der Waals surface area contributed by atoms with Crippen molar-refractivity contribution in [3.8, 4) is 11.1 Å². The van der Waals surface area contributed by atoms with E-state index in [1.807, 2.05) is 0 Å². The summed E-state index contributed by atoms with van der Waals surface area (Å²) >= 11 is 0. The van der Waals surface area contributed by atoms with E-state index in [2.05, 4.69) is 236 Å². The molecule has 10 rings (SSSR count). The van der Waals surface area contributed by atoms with Crippen LogP contribution in [0.5, 0.6) is 0 Å². The number of anilines is 2. The van der Waals surface area contributed by atoms with Gasteiger partial charge in [-0.15, -0.1) is 0 Å². The Balaban J connectivity index is 1.15. The number of benzene rings is 7. The molecule has 0 saturated carbocycles. The minimum Gasteiger partial charge on any atom is -0.303 e. The highest BCUT2D eigenvalue weighted by molar-refractivity contribution is 5.97. The summed E-state index contributed by atoms with van der Waals surface area (Å²) in [5.74, 6) is 0.589. The summed E-state index contributed by atoms with van der Waals surface area (Å²) < 4.78 is 0. The van der Waals surface area contributed by atoms with Crippen LogP contribution in [0.25, 0.3) is 38.2 Å². The largest absolute Gasteiger partial charge is 0.303 e. The molecule has 306 valence electrons. The molecule has 3 aliphatic carbocycles. The van der Waals surface area contributed by atoms with Crippen molar-refractivity contribution in [3.05, 3.63) is 220 Å². The van der Waals surface area contributed by atoms with Gasteiger partial charge in [-0.2, -0.15) is 0 Å². The van der Waals surface area contributed by atoms with Gasteiger partial charge >= 0.3 is 0 Å². The predicted molar refractivity (Wildman–Crippen MR) is 265 cm³/mol. The van der Waals surface area contributed by atoms with E-state index >= 15 is 0 Å². The average molecular weight is 804 g/mol. The zero-order valence-corrected chi connectivity index (χ0v) is 37.6. The predicted octanol–water partition coefficient (Wildman–Crippen LogP) is 16.6. The number of rotatable bonds is 6. The van der Waals surface area contributed by atoms with Gasteiger partial charge in [0.25, 0.3) is 0 Å². The Morgan fingerprint density at radius 3 is 2.05 bits per heavy atom. The van der Waals surface area contributed by atoms with E-state index in [9.17, 15) is 0 Å². The maximum absolute atomic E-state index is 3.70. The maximum atomic E-state index is 3.70. The molecular formula is C61H57N. The van der Waals surface area contributed by atoms with Crippen LogP contribution in [0.15, 0.2) is 187 Å². The standard InChI is InChI=1S/C61H57N/c1-59(2,3)46-38-54(60(4,5)6)58-55(39-46)61(7,8)53-25-16-24-52(57(53)58)51-22-13-14-26-56(51)62(47-33-29-41(30-34-47)45-28-27-40-17-9-10-19-44(40)37-45)48-35-31-43(32-36-48)50-23-15-20-42-18-11-12-21-49(42)50/h9-15,17-23,25-29,31-33,35-39,52,57H,16,24H2,1-8H3. The molecule has 0 heterocycles. The van der Waals surface area contributed by atoms with Crippen molar-refractivity contribution < 1.29 is 0 Å². The Hall–Kier alpha value is -6.36. The van der Waals surface area contributed by atoms with Crippen molar-refractivity contribution in [1.82, 2.24) is 0 Å². The first-order valence-corrected chi connectivity index (χ1v) is 22.6. The van der Waals surface area contributed by atoms with Gasteiger partial charge in [-0.3, -0.25) is 0 Å². The van der Waals surface area contributed by atoms with Crippen LogP contribution in [-0.4, -0.2) is 0 Å². The van der Waals surface area contributed by atoms with E-state index < -0.39 is 0 Å². The van der Waals surface area contributed by atoms with Crippen molar-refractivity contribution >= 4 is 38.5 Å². The number of fused-ring (bicyclic) bond motifs is 5. The zero-order chi connectivity index (χ0) is 43.0. The van der Waals surface area contributed by atoms with Gasteiger partial charge in [0.1, 0.15) is 0 Å². The molecule has 3 aliphatic rings. The molecule has 0 aliphatic heterocycles. The van der Waals surface area contributed by atoms with E-state index in [4.69, 9.17) is 0 Å². The molecule has 0 N–H and O–H groups in total.